The van der Waals surface area contributed by atoms with Crippen LogP contribution in [0.3, 0.4) is 0 Å². The molecule has 1 aromatic heterocycles. The SMILES string of the molecule is COc1cc(/C=N/n2cn[nH]c2=S)ccc1OCc1ccccc1. The molecule has 3 rings (SSSR count). The molecular weight excluding hydrogens is 324 g/mol. The second kappa shape index (κ2) is 7.56. The molecule has 0 atom stereocenters. The first-order chi connectivity index (χ1) is 11.8. The van der Waals surface area contributed by atoms with E-state index >= 15 is 0 Å². The minimum Gasteiger partial charge on any atom is -0.493 e. The summed E-state index contributed by atoms with van der Waals surface area (Å²) in [4.78, 5) is 0. The number of nitrogens with one attached hydrogen (secondary N) is 1. The summed E-state index contributed by atoms with van der Waals surface area (Å²) in [6, 6.07) is 15.6. The van der Waals surface area contributed by atoms with E-state index in [1.54, 1.807) is 13.3 Å². The number of aromatic nitrogens is 3. The fraction of sp³-hybridized carbons (Fsp3) is 0.118. The Morgan fingerprint density at radius 3 is 2.75 bits per heavy atom. The lowest BCUT2D eigenvalue weighted by atomic mass is 10.2. The molecule has 0 spiro atoms. The van der Waals surface area contributed by atoms with Gasteiger partial charge in [-0.15, -0.1) is 0 Å². The zero-order chi connectivity index (χ0) is 16.8. The predicted octanol–water partition coefficient (Wildman–Crippen LogP) is 3.41. The number of aromatic amines is 1. The van der Waals surface area contributed by atoms with Gasteiger partial charge in [-0.05, 0) is 41.5 Å². The minimum absolute atomic E-state index is 0.432. The van der Waals surface area contributed by atoms with Gasteiger partial charge in [0.15, 0.2) is 11.5 Å². The van der Waals surface area contributed by atoms with Crippen molar-refractivity contribution in [1.82, 2.24) is 14.9 Å². The van der Waals surface area contributed by atoms with Crippen LogP contribution in [0.2, 0.25) is 0 Å². The Kier molecular flexibility index (Phi) is 5.02. The molecule has 0 fully saturated rings. The van der Waals surface area contributed by atoms with E-state index in [0.717, 1.165) is 11.1 Å². The maximum Gasteiger partial charge on any atom is 0.216 e. The molecule has 0 aliphatic heterocycles. The number of rotatable bonds is 6. The van der Waals surface area contributed by atoms with Gasteiger partial charge in [-0.3, -0.25) is 5.10 Å². The second-order valence-electron chi connectivity index (χ2n) is 4.94. The second-order valence-corrected chi connectivity index (χ2v) is 5.32. The third-order valence-electron chi connectivity index (χ3n) is 3.29. The van der Waals surface area contributed by atoms with Crippen molar-refractivity contribution in [1.29, 1.82) is 0 Å². The largest absolute Gasteiger partial charge is 0.493 e. The molecule has 3 aromatic rings. The van der Waals surface area contributed by atoms with Crippen LogP contribution in [0, 0.1) is 4.77 Å². The van der Waals surface area contributed by atoms with Gasteiger partial charge in [0, 0.05) is 0 Å². The lowest BCUT2D eigenvalue weighted by molar-refractivity contribution is 0.284. The summed E-state index contributed by atoms with van der Waals surface area (Å²) in [5.41, 5.74) is 1.96. The number of benzene rings is 2. The zero-order valence-corrected chi connectivity index (χ0v) is 13.9. The number of H-pyrrole nitrogens is 1. The Hall–Kier alpha value is -2.93. The minimum atomic E-state index is 0.432. The van der Waals surface area contributed by atoms with Gasteiger partial charge < -0.3 is 9.47 Å². The number of hydrogen-bond donors (Lipinski definition) is 1. The van der Waals surface area contributed by atoms with Crippen LogP contribution in [0.4, 0.5) is 0 Å². The lowest BCUT2D eigenvalue weighted by Gasteiger charge is -2.11. The van der Waals surface area contributed by atoms with Gasteiger partial charge >= 0.3 is 0 Å². The van der Waals surface area contributed by atoms with Crippen LogP contribution >= 0.6 is 12.2 Å². The molecule has 0 aliphatic rings. The smallest absolute Gasteiger partial charge is 0.216 e. The maximum absolute atomic E-state index is 5.83. The van der Waals surface area contributed by atoms with Crippen molar-refractivity contribution in [2.24, 2.45) is 5.10 Å². The van der Waals surface area contributed by atoms with Gasteiger partial charge in [0.1, 0.15) is 12.9 Å². The highest BCUT2D eigenvalue weighted by molar-refractivity contribution is 7.71. The van der Waals surface area contributed by atoms with E-state index < -0.39 is 0 Å². The van der Waals surface area contributed by atoms with Gasteiger partial charge in [-0.1, -0.05) is 30.3 Å². The Bertz CT molecular complexity index is 887. The first-order valence-corrected chi connectivity index (χ1v) is 7.68. The van der Waals surface area contributed by atoms with Gasteiger partial charge in [0.25, 0.3) is 0 Å². The monoisotopic (exact) mass is 340 g/mol. The highest BCUT2D eigenvalue weighted by Gasteiger charge is 2.05. The molecule has 2 aromatic carbocycles. The van der Waals surface area contributed by atoms with E-state index in [1.807, 2.05) is 48.5 Å². The normalized spacial score (nSPS) is 10.9. The van der Waals surface area contributed by atoms with E-state index in [1.165, 1.54) is 11.0 Å². The number of ether oxygens (including phenoxy) is 2. The first-order valence-electron chi connectivity index (χ1n) is 7.27. The number of hydrogen-bond acceptors (Lipinski definition) is 5. The Labute approximate surface area is 144 Å². The predicted molar refractivity (Wildman–Crippen MR) is 94.2 cm³/mol. The Morgan fingerprint density at radius 1 is 1.21 bits per heavy atom. The summed E-state index contributed by atoms with van der Waals surface area (Å²) in [5, 5.41) is 10.7. The van der Waals surface area contributed by atoms with Crippen LogP contribution in [0.25, 0.3) is 0 Å². The van der Waals surface area contributed by atoms with E-state index in [2.05, 4.69) is 15.3 Å². The van der Waals surface area contributed by atoms with E-state index in [0.29, 0.717) is 22.9 Å². The molecule has 7 heteroatoms. The average molecular weight is 340 g/mol. The van der Waals surface area contributed by atoms with Crippen molar-refractivity contribution in [3.8, 4) is 11.5 Å². The lowest BCUT2D eigenvalue weighted by Crippen LogP contribution is -1.98. The van der Waals surface area contributed by atoms with Crippen molar-refractivity contribution in [2.75, 3.05) is 7.11 Å². The fourth-order valence-electron chi connectivity index (χ4n) is 2.07. The molecule has 0 radical (unpaired) electrons. The quantitative estimate of drug-likeness (QED) is 0.552. The van der Waals surface area contributed by atoms with E-state index in [-0.39, 0.29) is 0 Å². The van der Waals surface area contributed by atoms with Crippen molar-refractivity contribution in [2.45, 2.75) is 6.61 Å². The molecule has 0 saturated heterocycles. The summed E-state index contributed by atoms with van der Waals surface area (Å²) >= 11 is 5.04. The molecule has 0 amide bonds. The molecule has 122 valence electrons. The Morgan fingerprint density at radius 2 is 2.04 bits per heavy atom. The molecule has 1 N–H and O–H groups in total. The van der Waals surface area contributed by atoms with E-state index in [9.17, 15) is 0 Å². The average Bonchev–Trinajstić information content (AvgIpc) is 3.04. The molecule has 6 nitrogen and oxygen atoms in total. The highest BCUT2D eigenvalue weighted by Crippen LogP contribution is 2.28. The van der Waals surface area contributed by atoms with Gasteiger partial charge in [-0.2, -0.15) is 14.9 Å². The summed E-state index contributed by atoms with van der Waals surface area (Å²) in [6.07, 6.45) is 3.18. The topological polar surface area (TPSA) is 64.4 Å². The standard InChI is InChI=1S/C17H16N4O2S/c1-22-16-9-14(10-19-21-12-18-20-17(21)24)7-8-15(16)23-11-13-5-3-2-4-6-13/h2-10,12H,11H2,1H3,(H,20,24)/b19-10+. The van der Waals surface area contributed by atoms with E-state index in [4.69, 9.17) is 21.7 Å². The van der Waals surface area contributed by atoms with Crippen molar-refractivity contribution in [3.05, 3.63) is 70.8 Å². The first kappa shape index (κ1) is 15.9. The van der Waals surface area contributed by atoms with Gasteiger partial charge in [0.05, 0.1) is 13.3 Å². The molecule has 24 heavy (non-hydrogen) atoms. The summed E-state index contributed by atoms with van der Waals surface area (Å²) in [5.74, 6) is 1.32. The summed E-state index contributed by atoms with van der Waals surface area (Å²) < 4.78 is 13.1. The van der Waals surface area contributed by atoms with Gasteiger partial charge in [-0.25, -0.2) is 0 Å². The fourth-order valence-corrected chi connectivity index (χ4v) is 2.22. The van der Waals surface area contributed by atoms with Crippen molar-refractivity contribution in [3.63, 3.8) is 0 Å². The van der Waals surface area contributed by atoms with Crippen LogP contribution < -0.4 is 9.47 Å². The zero-order valence-electron chi connectivity index (χ0n) is 13.0. The van der Waals surface area contributed by atoms with Crippen molar-refractivity contribution >= 4 is 18.4 Å². The molecule has 1 heterocycles. The Balaban J connectivity index is 1.74. The summed E-state index contributed by atoms with van der Waals surface area (Å²) in [6.45, 7) is 0.481. The maximum atomic E-state index is 5.83. The van der Waals surface area contributed by atoms with Crippen molar-refractivity contribution < 1.29 is 9.47 Å². The summed E-state index contributed by atoms with van der Waals surface area (Å²) in [7, 11) is 1.61. The van der Waals surface area contributed by atoms with Crippen LogP contribution in [0.1, 0.15) is 11.1 Å². The highest BCUT2D eigenvalue weighted by atomic mass is 32.1. The third-order valence-corrected chi connectivity index (χ3v) is 3.57. The number of nitrogens with zero attached hydrogens (tertiary/aromatic N) is 3. The van der Waals surface area contributed by atoms with Gasteiger partial charge in [0.2, 0.25) is 4.77 Å². The third kappa shape index (κ3) is 3.88. The molecule has 0 saturated carbocycles. The van der Waals surface area contributed by atoms with Crippen LogP contribution in [-0.4, -0.2) is 28.2 Å². The molecule has 0 aliphatic carbocycles. The number of methoxy groups -OCH3 is 1. The molecule has 0 bridgehead atoms. The van der Waals surface area contributed by atoms with Crippen LogP contribution in [0.5, 0.6) is 11.5 Å². The van der Waals surface area contributed by atoms with Crippen LogP contribution in [-0.2, 0) is 6.61 Å². The molecule has 0 unspecified atom stereocenters. The van der Waals surface area contributed by atoms with Crippen LogP contribution in [0.15, 0.2) is 60.0 Å². The molecular formula is C17H16N4O2S.